The fraction of sp³-hybridized carbons (Fsp3) is 0.769. The second-order valence-electron chi connectivity index (χ2n) is 11.5. The van der Waals surface area contributed by atoms with Crippen LogP contribution in [0.2, 0.25) is 0 Å². The average Bonchev–Trinajstić information content (AvgIpc) is 3.24. The van der Waals surface area contributed by atoms with Crippen molar-refractivity contribution in [2.24, 2.45) is 28.6 Å². The van der Waals surface area contributed by atoms with E-state index in [2.05, 4.69) is 6.92 Å². The summed E-state index contributed by atoms with van der Waals surface area (Å²) in [5.41, 5.74) is -1.47. The van der Waals surface area contributed by atoms with E-state index in [0.717, 1.165) is 31.1 Å². The normalized spacial score (nSPS) is 46.4. The number of hydrogen-bond donors (Lipinski definition) is 1. The molecule has 35 heavy (non-hydrogen) atoms. The third-order valence-corrected chi connectivity index (χ3v) is 10.2. The molecule has 0 aromatic carbocycles. The molecule has 0 spiro atoms. The molecule has 1 heterocycles. The fourth-order valence-electron chi connectivity index (χ4n) is 8.27. The Labute approximate surface area is 207 Å². The number of carbonyl (C=O) groups excluding carboxylic acids is 2. The van der Waals surface area contributed by atoms with E-state index in [-0.39, 0.29) is 23.5 Å². The molecule has 8 nitrogen and oxygen atoms in total. The maximum Gasteiger partial charge on any atom is 0.264 e. The topological polar surface area (TPSA) is 116 Å². The maximum absolute atomic E-state index is 13.8. The minimum absolute atomic E-state index is 0.0133. The van der Waals surface area contributed by atoms with Gasteiger partial charge in [-0.2, -0.15) is 8.42 Å². The Morgan fingerprint density at radius 1 is 1.31 bits per heavy atom. The molecule has 0 amide bonds. The van der Waals surface area contributed by atoms with E-state index >= 15 is 0 Å². The van der Waals surface area contributed by atoms with E-state index in [1.165, 1.54) is 0 Å². The number of ketones is 2. The number of hydrogen-bond acceptors (Lipinski definition) is 8. The van der Waals surface area contributed by atoms with Gasteiger partial charge in [-0.3, -0.25) is 13.8 Å². The van der Waals surface area contributed by atoms with E-state index in [1.807, 2.05) is 19.9 Å². The molecule has 5 aliphatic rings. The van der Waals surface area contributed by atoms with Crippen LogP contribution in [-0.2, 0) is 33.4 Å². The van der Waals surface area contributed by atoms with Gasteiger partial charge in [0.2, 0.25) is 0 Å². The van der Waals surface area contributed by atoms with Crippen molar-refractivity contribution in [3.8, 4) is 0 Å². The van der Waals surface area contributed by atoms with Gasteiger partial charge in [0.25, 0.3) is 10.1 Å². The predicted octanol–water partition coefficient (Wildman–Crippen LogP) is 2.70. The number of aliphatic hydroxyl groups excluding tert-OH is 1. The van der Waals surface area contributed by atoms with Crippen LogP contribution in [0.3, 0.4) is 0 Å². The van der Waals surface area contributed by atoms with Gasteiger partial charge in [-0.1, -0.05) is 38.8 Å². The van der Waals surface area contributed by atoms with Crippen molar-refractivity contribution in [3.05, 3.63) is 23.8 Å². The Balaban J connectivity index is 1.53. The van der Waals surface area contributed by atoms with Crippen LogP contribution in [0.25, 0.3) is 0 Å². The summed E-state index contributed by atoms with van der Waals surface area (Å²) >= 11 is 0. The third kappa shape index (κ3) is 3.64. The summed E-state index contributed by atoms with van der Waals surface area (Å²) in [6.45, 7) is 5.50. The first-order valence-corrected chi connectivity index (χ1v) is 14.5. The van der Waals surface area contributed by atoms with Gasteiger partial charge in [-0.05, 0) is 56.1 Å². The molecule has 0 bridgehead atoms. The summed E-state index contributed by atoms with van der Waals surface area (Å²) in [4.78, 5) is 25.8. The molecule has 0 unspecified atom stereocenters. The van der Waals surface area contributed by atoms with Gasteiger partial charge in [0.1, 0.15) is 6.61 Å². The number of ether oxygens (including phenoxy) is 2. The highest BCUT2D eigenvalue weighted by Gasteiger charge is 2.75. The number of allylic oxidation sites excluding steroid dienone is 4. The Kier molecular flexibility index (Phi) is 6.00. The third-order valence-electron chi connectivity index (χ3n) is 9.63. The number of Topliss-reactive ketones (excluding diaryl/α,β-unsaturated/α-hetero) is 1. The van der Waals surface area contributed by atoms with Crippen LogP contribution in [-0.4, -0.2) is 62.1 Å². The smallest absolute Gasteiger partial charge is 0.264 e. The maximum atomic E-state index is 13.8. The average molecular weight is 509 g/mol. The Hall–Kier alpha value is -1.39. The first-order valence-electron chi connectivity index (χ1n) is 12.7. The number of carbonyl (C=O) groups is 2. The van der Waals surface area contributed by atoms with E-state index < -0.39 is 57.4 Å². The molecule has 4 fully saturated rings. The van der Waals surface area contributed by atoms with Gasteiger partial charge in [0.05, 0.1) is 18.5 Å². The zero-order valence-electron chi connectivity index (χ0n) is 20.9. The van der Waals surface area contributed by atoms with Gasteiger partial charge in [-0.25, -0.2) is 0 Å². The van der Waals surface area contributed by atoms with E-state index in [0.29, 0.717) is 19.3 Å². The monoisotopic (exact) mass is 508 g/mol. The standard InChI is InChI=1S/C26H36O8S/c1-5-6-22-33-21-12-18-17-8-7-15-11-16(27)9-10-24(15,2)23(17)19(28)13-25(18,3)26(21,34-22)20(29)14-32-35(4,30)31/h9-11,17-19,21-23,28H,5-8,12-14H2,1-4H3/t17-,18-,19+,21+,22+,23+,24+,25+,26+/m1/s1. The summed E-state index contributed by atoms with van der Waals surface area (Å²) < 4.78 is 41.1. The predicted molar refractivity (Wildman–Crippen MR) is 127 cm³/mol. The molecule has 1 N–H and O–H groups in total. The van der Waals surface area contributed by atoms with Crippen molar-refractivity contribution in [2.75, 3.05) is 12.9 Å². The van der Waals surface area contributed by atoms with Crippen LogP contribution < -0.4 is 0 Å². The fourth-order valence-corrected chi connectivity index (χ4v) is 8.59. The van der Waals surface area contributed by atoms with Gasteiger partial charge >= 0.3 is 0 Å². The quantitative estimate of drug-likeness (QED) is 0.545. The first-order chi connectivity index (χ1) is 16.4. The Morgan fingerprint density at radius 2 is 2.06 bits per heavy atom. The summed E-state index contributed by atoms with van der Waals surface area (Å²) in [6, 6.07) is 0. The highest BCUT2D eigenvalue weighted by atomic mass is 32.2. The van der Waals surface area contributed by atoms with Crippen LogP contribution in [0.4, 0.5) is 0 Å². The largest absolute Gasteiger partial charge is 0.393 e. The molecule has 3 saturated carbocycles. The molecule has 1 saturated heterocycles. The number of rotatable bonds is 6. The van der Waals surface area contributed by atoms with Gasteiger partial charge in [0, 0.05) is 16.7 Å². The molecule has 5 rings (SSSR count). The second-order valence-corrected chi connectivity index (χ2v) is 13.2. The van der Waals surface area contributed by atoms with Crippen molar-refractivity contribution in [2.45, 2.75) is 83.4 Å². The molecular formula is C26H36O8S. The second kappa shape index (κ2) is 8.31. The lowest BCUT2D eigenvalue weighted by molar-refractivity contribution is -0.200. The van der Waals surface area contributed by atoms with Crippen molar-refractivity contribution >= 4 is 21.7 Å². The van der Waals surface area contributed by atoms with Crippen LogP contribution in [0.1, 0.15) is 59.3 Å². The molecule has 1 aliphatic heterocycles. The van der Waals surface area contributed by atoms with Crippen LogP contribution in [0, 0.1) is 28.6 Å². The molecular weight excluding hydrogens is 472 g/mol. The van der Waals surface area contributed by atoms with Crippen molar-refractivity contribution in [3.63, 3.8) is 0 Å². The lowest BCUT2D eigenvalue weighted by Crippen LogP contribution is -2.63. The summed E-state index contributed by atoms with van der Waals surface area (Å²) in [5.74, 6) is -0.398. The van der Waals surface area contributed by atoms with E-state index in [4.69, 9.17) is 13.7 Å². The molecule has 9 heteroatoms. The molecule has 9 atom stereocenters. The number of fused-ring (bicyclic) bond motifs is 7. The van der Waals surface area contributed by atoms with E-state index in [1.54, 1.807) is 12.2 Å². The van der Waals surface area contributed by atoms with Gasteiger partial charge in [0.15, 0.2) is 23.5 Å². The minimum atomic E-state index is -3.82. The zero-order chi connectivity index (χ0) is 25.4. The van der Waals surface area contributed by atoms with E-state index in [9.17, 15) is 23.1 Å². The molecule has 4 aliphatic carbocycles. The zero-order valence-corrected chi connectivity index (χ0v) is 21.7. The van der Waals surface area contributed by atoms with Crippen molar-refractivity contribution < 1.29 is 36.8 Å². The highest BCUT2D eigenvalue weighted by molar-refractivity contribution is 7.86. The molecule has 0 radical (unpaired) electrons. The molecule has 0 aromatic rings. The Bertz CT molecular complexity index is 1090. The van der Waals surface area contributed by atoms with Crippen molar-refractivity contribution in [1.29, 1.82) is 0 Å². The first kappa shape index (κ1) is 25.3. The minimum Gasteiger partial charge on any atom is -0.393 e. The van der Waals surface area contributed by atoms with Gasteiger partial charge < -0.3 is 14.6 Å². The van der Waals surface area contributed by atoms with Gasteiger partial charge in [-0.15, -0.1) is 0 Å². The summed E-state index contributed by atoms with van der Waals surface area (Å²) in [5, 5.41) is 11.7. The summed E-state index contributed by atoms with van der Waals surface area (Å²) in [7, 11) is -3.82. The lowest BCUT2D eigenvalue weighted by atomic mass is 9.46. The molecule has 194 valence electrons. The summed E-state index contributed by atoms with van der Waals surface area (Å²) in [6.07, 6.45) is 8.33. The van der Waals surface area contributed by atoms with Crippen molar-refractivity contribution in [1.82, 2.24) is 0 Å². The van der Waals surface area contributed by atoms with Crippen LogP contribution in [0.5, 0.6) is 0 Å². The number of aliphatic hydroxyl groups is 1. The van der Waals surface area contributed by atoms with Crippen LogP contribution >= 0.6 is 0 Å². The Morgan fingerprint density at radius 3 is 2.74 bits per heavy atom. The SMILES string of the molecule is CCC[C@H]1O[C@H]2C[C@@H]3[C@H]4CCC5=CC(=O)C=C[C@]5(C)[C@@H]4[C@@H](O)C[C@]3(C)[C@@]2(C(=O)COS(C)(=O)=O)O1. The molecule has 0 aromatic heterocycles. The van der Waals surface area contributed by atoms with Crippen LogP contribution in [0.15, 0.2) is 23.8 Å². The lowest BCUT2D eigenvalue weighted by Gasteiger charge is -2.59. The highest BCUT2D eigenvalue weighted by Crippen LogP contribution is 2.69.